The van der Waals surface area contributed by atoms with Crippen LogP contribution < -0.4 is 0 Å². The molecule has 1 rings (SSSR count). The van der Waals surface area contributed by atoms with Gasteiger partial charge in [-0.1, -0.05) is 13.8 Å². The van der Waals surface area contributed by atoms with Gasteiger partial charge in [-0.15, -0.1) is 0 Å². The first-order valence-electron chi connectivity index (χ1n) is 4.21. The summed E-state index contributed by atoms with van der Waals surface area (Å²) in [5.41, 5.74) is -1.94. The van der Waals surface area contributed by atoms with E-state index < -0.39 is 17.1 Å². The Morgan fingerprint density at radius 3 is 2.25 bits per heavy atom. The van der Waals surface area contributed by atoms with Gasteiger partial charge in [-0.25, -0.2) is 0 Å². The molecule has 3 nitrogen and oxygen atoms in total. The number of hydrogen-bond donors (Lipinski definition) is 2. The fraction of sp³-hybridized carbons (Fsp3) is 0.889. The minimum absolute atomic E-state index is 0.162. The largest absolute Gasteiger partial charge is 0.393 e. The summed E-state index contributed by atoms with van der Waals surface area (Å²) in [5, 5.41) is 19.0. The molecule has 0 radical (unpaired) electrons. The second-order valence-electron chi connectivity index (χ2n) is 4.55. The predicted molar refractivity (Wildman–Crippen MR) is 44.7 cm³/mol. The summed E-state index contributed by atoms with van der Waals surface area (Å²) in [6, 6.07) is 0. The van der Waals surface area contributed by atoms with E-state index in [4.69, 9.17) is 0 Å². The second kappa shape index (κ2) is 2.54. The van der Waals surface area contributed by atoms with Crippen LogP contribution in [0.25, 0.3) is 0 Å². The molecule has 3 heteroatoms. The first-order valence-corrected chi connectivity index (χ1v) is 4.21. The van der Waals surface area contributed by atoms with E-state index in [9.17, 15) is 15.0 Å². The summed E-state index contributed by atoms with van der Waals surface area (Å²) >= 11 is 0. The summed E-state index contributed by atoms with van der Waals surface area (Å²) in [6.45, 7) is 4.98. The maximum absolute atomic E-state index is 11.6. The number of carbonyl (C=O) groups is 1. The van der Waals surface area contributed by atoms with Gasteiger partial charge in [0.05, 0.1) is 6.10 Å². The lowest BCUT2D eigenvalue weighted by molar-refractivity contribution is -0.157. The van der Waals surface area contributed by atoms with Crippen molar-refractivity contribution < 1.29 is 15.0 Å². The zero-order valence-electron chi connectivity index (χ0n) is 7.79. The third-order valence-electron chi connectivity index (χ3n) is 2.48. The van der Waals surface area contributed by atoms with E-state index in [1.165, 1.54) is 6.92 Å². The van der Waals surface area contributed by atoms with Crippen molar-refractivity contribution in [2.75, 3.05) is 0 Å². The average Bonchev–Trinajstić information content (AvgIpc) is 1.80. The van der Waals surface area contributed by atoms with Gasteiger partial charge in [0, 0.05) is 11.8 Å². The van der Waals surface area contributed by atoms with E-state index in [1.54, 1.807) is 13.8 Å². The predicted octanol–water partition coefficient (Wildman–Crippen LogP) is 0.487. The van der Waals surface area contributed by atoms with Crippen LogP contribution in [0.15, 0.2) is 0 Å². The molecule has 0 amide bonds. The Kier molecular flexibility index (Phi) is 2.05. The van der Waals surface area contributed by atoms with Gasteiger partial charge in [0.15, 0.2) is 5.78 Å². The van der Waals surface area contributed by atoms with Crippen molar-refractivity contribution in [3.63, 3.8) is 0 Å². The molecule has 0 aromatic heterocycles. The van der Waals surface area contributed by atoms with Gasteiger partial charge < -0.3 is 10.2 Å². The highest BCUT2D eigenvalue weighted by Gasteiger charge is 2.47. The third kappa shape index (κ3) is 1.52. The molecule has 0 aromatic rings. The van der Waals surface area contributed by atoms with Crippen LogP contribution in [0, 0.1) is 5.41 Å². The summed E-state index contributed by atoms with van der Waals surface area (Å²) in [7, 11) is 0. The minimum atomic E-state index is -1.35. The van der Waals surface area contributed by atoms with Crippen molar-refractivity contribution in [2.24, 2.45) is 5.41 Å². The van der Waals surface area contributed by atoms with E-state index >= 15 is 0 Å². The summed E-state index contributed by atoms with van der Waals surface area (Å²) in [4.78, 5) is 11.6. The van der Waals surface area contributed by atoms with Crippen molar-refractivity contribution in [1.29, 1.82) is 0 Å². The minimum Gasteiger partial charge on any atom is -0.393 e. The molecule has 1 aliphatic carbocycles. The Balaban J connectivity index is 2.91. The van der Waals surface area contributed by atoms with Crippen LogP contribution in [0.1, 0.15) is 33.6 Å². The van der Waals surface area contributed by atoms with Crippen molar-refractivity contribution in [2.45, 2.75) is 45.3 Å². The number of aliphatic hydroxyl groups excluding tert-OH is 1. The molecule has 0 bridgehead atoms. The highest BCUT2D eigenvalue weighted by atomic mass is 16.3. The Hall–Kier alpha value is -0.410. The first-order chi connectivity index (χ1) is 5.26. The fourth-order valence-electron chi connectivity index (χ4n) is 2.03. The Morgan fingerprint density at radius 1 is 1.33 bits per heavy atom. The van der Waals surface area contributed by atoms with E-state index in [-0.39, 0.29) is 12.2 Å². The molecule has 0 heterocycles. The van der Waals surface area contributed by atoms with Crippen LogP contribution in [0.4, 0.5) is 0 Å². The topological polar surface area (TPSA) is 57.5 Å². The molecule has 0 unspecified atom stereocenters. The zero-order chi connectivity index (χ0) is 9.57. The van der Waals surface area contributed by atoms with Gasteiger partial charge in [-0.05, 0) is 13.3 Å². The first kappa shape index (κ1) is 9.68. The SMILES string of the molecule is CC1(C)C[C@H](O)C[C@@](C)(O)C1=O. The lowest BCUT2D eigenvalue weighted by Crippen LogP contribution is -2.52. The van der Waals surface area contributed by atoms with Gasteiger partial charge in [-0.2, -0.15) is 0 Å². The van der Waals surface area contributed by atoms with Crippen molar-refractivity contribution in [1.82, 2.24) is 0 Å². The Bertz CT molecular complexity index is 186. The number of rotatable bonds is 0. The summed E-state index contributed by atoms with van der Waals surface area (Å²) < 4.78 is 0. The zero-order valence-corrected chi connectivity index (χ0v) is 7.79. The molecule has 1 saturated carbocycles. The molecular formula is C9H16O3. The lowest BCUT2D eigenvalue weighted by Gasteiger charge is -2.40. The van der Waals surface area contributed by atoms with Crippen LogP contribution in [-0.2, 0) is 4.79 Å². The molecular weight excluding hydrogens is 156 g/mol. The molecule has 1 fully saturated rings. The lowest BCUT2D eigenvalue weighted by atomic mass is 9.68. The second-order valence-corrected chi connectivity index (χ2v) is 4.55. The highest BCUT2D eigenvalue weighted by molar-refractivity contribution is 5.92. The van der Waals surface area contributed by atoms with Crippen LogP contribution in [0.3, 0.4) is 0 Å². The number of aliphatic hydroxyl groups is 2. The van der Waals surface area contributed by atoms with Crippen molar-refractivity contribution in [3.05, 3.63) is 0 Å². The standard InChI is InChI=1S/C9H16O3/c1-8(2)4-6(10)5-9(3,12)7(8)11/h6,10,12H,4-5H2,1-3H3/t6-,9+/m0/s1. The van der Waals surface area contributed by atoms with Crippen molar-refractivity contribution >= 4 is 5.78 Å². The van der Waals surface area contributed by atoms with Gasteiger partial charge in [0.25, 0.3) is 0 Å². The Labute approximate surface area is 72.4 Å². The number of carbonyl (C=O) groups excluding carboxylic acids is 1. The van der Waals surface area contributed by atoms with Crippen LogP contribution in [-0.4, -0.2) is 27.7 Å². The number of ketones is 1. The van der Waals surface area contributed by atoms with E-state index in [0.29, 0.717) is 6.42 Å². The normalized spacial score (nSPS) is 41.4. The quantitative estimate of drug-likeness (QED) is 0.559. The third-order valence-corrected chi connectivity index (χ3v) is 2.48. The molecule has 70 valence electrons. The van der Waals surface area contributed by atoms with E-state index in [0.717, 1.165) is 0 Å². The van der Waals surface area contributed by atoms with Gasteiger partial charge in [0.1, 0.15) is 5.60 Å². The smallest absolute Gasteiger partial charge is 0.169 e. The molecule has 0 aliphatic heterocycles. The maximum atomic E-state index is 11.6. The van der Waals surface area contributed by atoms with Gasteiger partial charge in [-0.3, -0.25) is 4.79 Å². The average molecular weight is 172 g/mol. The van der Waals surface area contributed by atoms with Crippen molar-refractivity contribution in [3.8, 4) is 0 Å². The van der Waals surface area contributed by atoms with Crippen LogP contribution in [0.5, 0.6) is 0 Å². The monoisotopic (exact) mass is 172 g/mol. The molecule has 12 heavy (non-hydrogen) atoms. The summed E-state index contributed by atoms with van der Waals surface area (Å²) in [5.74, 6) is -0.166. The van der Waals surface area contributed by atoms with E-state index in [1.807, 2.05) is 0 Å². The van der Waals surface area contributed by atoms with E-state index in [2.05, 4.69) is 0 Å². The highest BCUT2D eigenvalue weighted by Crippen LogP contribution is 2.37. The molecule has 0 saturated heterocycles. The van der Waals surface area contributed by atoms with Crippen LogP contribution >= 0.6 is 0 Å². The van der Waals surface area contributed by atoms with Gasteiger partial charge >= 0.3 is 0 Å². The molecule has 0 spiro atoms. The molecule has 2 N–H and O–H groups in total. The maximum Gasteiger partial charge on any atom is 0.169 e. The molecule has 0 aromatic carbocycles. The number of Topliss-reactive ketones (excluding diaryl/α,β-unsaturated/α-hetero) is 1. The van der Waals surface area contributed by atoms with Crippen LogP contribution in [0.2, 0.25) is 0 Å². The summed E-state index contributed by atoms with van der Waals surface area (Å²) in [6.07, 6.45) is 0.0461. The number of hydrogen-bond acceptors (Lipinski definition) is 3. The van der Waals surface area contributed by atoms with Gasteiger partial charge in [0.2, 0.25) is 0 Å². The Morgan fingerprint density at radius 2 is 1.83 bits per heavy atom. The molecule has 1 aliphatic rings. The fourth-order valence-corrected chi connectivity index (χ4v) is 2.03. The molecule has 2 atom stereocenters.